The quantitative estimate of drug-likeness (QED) is 0.751. The molecule has 1 aliphatic rings. The van der Waals surface area contributed by atoms with Crippen LogP contribution in [-0.2, 0) is 13.0 Å². The van der Waals surface area contributed by atoms with Crippen LogP contribution in [0.4, 0.5) is 5.13 Å². The third-order valence-corrected chi connectivity index (χ3v) is 3.70. The Balaban J connectivity index is 1.77. The standard InChI is InChI=1S/C11H12N4OS/c16-10(7-1-3-12-5-7)15-11-14-8-2-4-13-6-9(8)17-11/h1,3,5,12-13H,2,4,6H2,(H,14,15,16). The molecule has 88 valence electrons. The topological polar surface area (TPSA) is 69.8 Å². The zero-order chi connectivity index (χ0) is 11.7. The van der Waals surface area contributed by atoms with E-state index in [1.54, 1.807) is 29.8 Å². The summed E-state index contributed by atoms with van der Waals surface area (Å²) in [4.78, 5) is 20.3. The van der Waals surface area contributed by atoms with Crippen molar-refractivity contribution >= 4 is 22.4 Å². The second-order valence-electron chi connectivity index (χ2n) is 3.87. The number of rotatable bonds is 2. The van der Waals surface area contributed by atoms with E-state index in [0.29, 0.717) is 10.7 Å². The van der Waals surface area contributed by atoms with Gasteiger partial charge in [-0.05, 0) is 6.07 Å². The fourth-order valence-corrected chi connectivity index (χ4v) is 2.79. The molecule has 0 aromatic carbocycles. The van der Waals surface area contributed by atoms with Crippen LogP contribution in [0.3, 0.4) is 0 Å². The molecule has 0 atom stereocenters. The molecule has 0 unspecified atom stereocenters. The Labute approximate surface area is 102 Å². The van der Waals surface area contributed by atoms with Crippen LogP contribution in [0, 0.1) is 0 Å². The van der Waals surface area contributed by atoms with Gasteiger partial charge in [0.1, 0.15) is 0 Å². The van der Waals surface area contributed by atoms with Crippen molar-refractivity contribution in [3.8, 4) is 0 Å². The third-order valence-electron chi connectivity index (χ3n) is 2.68. The van der Waals surface area contributed by atoms with Crippen LogP contribution in [0.1, 0.15) is 20.9 Å². The maximum absolute atomic E-state index is 11.8. The van der Waals surface area contributed by atoms with E-state index in [0.717, 1.165) is 25.2 Å². The van der Waals surface area contributed by atoms with Crippen LogP contribution in [0.25, 0.3) is 0 Å². The Morgan fingerprint density at radius 2 is 2.47 bits per heavy atom. The molecule has 0 saturated heterocycles. The average molecular weight is 248 g/mol. The second-order valence-corrected chi connectivity index (χ2v) is 4.95. The highest BCUT2D eigenvalue weighted by Crippen LogP contribution is 2.25. The maximum atomic E-state index is 11.8. The fraction of sp³-hybridized carbons (Fsp3) is 0.273. The van der Waals surface area contributed by atoms with Gasteiger partial charge in [0.15, 0.2) is 5.13 Å². The number of nitrogens with one attached hydrogen (secondary N) is 3. The highest BCUT2D eigenvalue weighted by molar-refractivity contribution is 7.15. The van der Waals surface area contributed by atoms with Crippen molar-refractivity contribution in [1.82, 2.24) is 15.3 Å². The maximum Gasteiger partial charge on any atom is 0.258 e. The van der Waals surface area contributed by atoms with Gasteiger partial charge >= 0.3 is 0 Å². The zero-order valence-corrected chi connectivity index (χ0v) is 9.93. The number of aromatic amines is 1. The van der Waals surface area contributed by atoms with Gasteiger partial charge in [0.05, 0.1) is 11.3 Å². The van der Waals surface area contributed by atoms with Gasteiger partial charge in [-0.3, -0.25) is 10.1 Å². The Morgan fingerprint density at radius 3 is 3.24 bits per heavy atom. The van der Waals surface area contributed by atoms with Crippen molar-refractivity contribution < 1.29 is 4.79 Å². The lowest BCUT2D eigenvalue weighted by atomic mass is 10.2. The summed E-state index contributed by atoms with van der Waals surface area (Å²) in [5.74, 6) is -0.120. The third kappa shape index (κ3) is 2.09. The minimum absolute atomic E-state index is 0.120. The number of hydrogen-bond donors (Lipinski definition) is 3. The number of fused-ring (bicyclic) bond motifs is 1. The first kappa shape index (κ1) is 10.5. The predicted octanol–water partition coefficient (Wildman–Crippen LogP) is 1.37. The van der Waals surface area contributed by atoms with Gasteiger partial charge in [-0.25, -0.2) is 4.98 Å². The van der Waals surface area contributed by atoms with E-state index in [9.17, 15) is 4.79 Å². The van der Waals surface area contributed by atoms with E-state index < -0.39 is 0 Å². The molecule has 5 nitrogen and oxygen atoms in total. The predicted molar refractivity (Wildman–Crippen MR) is 66.3 cm³/mol. The molecule has 3 rings (SSSR count). The number of aromatic nitrogens is 2. The lowest BCUT2D eigenvalue weighted by Gasteiger charge is -2.09. The number of anilines is 1. The summed E-state index contributed by atoms with van der Waals surface area (Å²) in [7, 11) is 0. The average Bonchev–Trinajstić information content (AvgIpc) is 2.97. The molecule has 3 N–H and O–H groups in total. The molecule has 0 fully saturated rings. The van der Waals surface area contributed by atoms with Gasteiger partial charge in [0.25, 0.3) is 5.91 Å². The van der Waals surface area contributed by atoms with Crippen molar-refractivity contribution in [2.75, 3.05) is 11.9 Å². The summed E-state index contributed by atoms with van der Waals surface area (Å²) in [5, 5.41) is 6.80. The summed E-state index contributed by atoms with van der Waals surface area (Å²) in [6, 6.07) is 1.74. The van der Waals surface area contributed by atoms with Crippen LogP contribution < -0.4 is 10.6 Å². The second kappa shape index (κ2) is 4.31. The zero-order valence-electron chi connectivity index (χ0n) is 9.12. The van der Waals surface area contributed by atoms with Crippen molar-refractivity contribution in [3.05, 3.63) is 34.6 Å². The molecule has 0 spiro atoms. The van der Waals surface area contributed by atoms with Gasteiger partial charge in [0, 0.05) is 36.8 Å². The van der Waals surface area contributed by atoms with Crippen LogP contribution in [0.5, 0.6) is 0 Å². The molecular formula is C11H12N4OS. The van der Waals surface area contributed by atoms with E-state index >= 15 is 0 Å². The van der Waals surface area contributed by atoms with E-state index in [4.69, 9.17) is 0 Å². The van der Waals surface area contributed by atoms with Gasteiger partial charge < -0.3 is 10.3 Å². The van der Waals surface area contributed by atoms with Crippen LogP contribution in [0.2, 0.25) is 0 Å². The van der Waals surface area contributed by atoms with Crippen LogP contribution in [0.15, 0.2) is 18.5 Å². The van der Waals surface area contributed by atoms with Gasteiger partial charge in [-0.1, -0.05) is 0 Å². The normalized spacial score (nSPS) is 14.4. The molecule has 17 heavy (non-hydrogen) atoms. The Morgan fingerprint density at radius 1 is 1.53 bits per heavy atom. The van der Waals surface area contributed by atoms with Gasteiger partial charge in [-0.2, -0.15) is 0 Å². The molecule has 0 saturated carbocycles. The van der Waals surface area contributed by atoms with Gasteiger partial charge in [0.2, 0.25) is 0 Å². The minimum atomic E-state index is -0.120. The highest BCUT2D eigenvalue weighted by Gasteiger charge is 2.16. The summed E-state index contributed by atoms with van der Waals surface area (Å²) < 4.78 is 0. The lowest BCUT2D eigenvalue weighted by Crippen LogP contribution is -2.22. The molecule has 0 aliphatic carbocycles. The number of carbonyl (C=O) groups is 1. The molecule has 6 heteroatoms. The van der Waals surface area contributed by atoms with E-state index in [1.807, 2.05) is 0 Å². The van der Waals surface area contributed by atoms with Crippen molar-refractivity contribution in [2.24, 2.45) is 0 Å². The van der Waals surface area contributed by atoms with Gasteiger partial charge in [-0.15, -0.1) is 11.3 Å². The first-order valence-electron chi connectivity index (χ1n) is 5.46. The Hall–Kier alpha value is -1.66. The molecule has 1 aliphatic heterocycles. The van der Waals surface area contributed by atoms with Crippen LogP contribution in [-0.4, -0.2) is 22.4 Å². The Bertz CT molecular complexity index is 508. The van der Waals surface area contributed by atoms with Crippen molar-refractivity contribution in [1.29, 1.82) is 0 Å². The molecular weight excluding hydrogens is 236 g/mol. The smallest absolute Gasteiger partial charge is 0.258 e. The number of H-pyrrole nitrogens is 1. The summed E-state index contributed by atoms with van der Waals surface area (Å²) >= 11 is 1.55. The number of carbonyl (C=O) groups excluding carboxylic acids is 1. The molecule has 2 aromatic heterocycles. The molecule has 1 amide bonds. The SMILES string of the molecule is O=C(Nc1nc2c(s1)CNCC2)c1cc[nH]c1. The van der Waals surface area contributed by atoms with Crippen molar-refractivity contribution in [2.45, 2.75) is 13.0 Å². The summed E-state index contributed by atoms with van der Waals surface area (Å²) in [6.07, 6.45) is 4.34. The number of hydrogen-bond acceptors (Lipinski definition) is 4. The van der Waals surface area contributed by atoms with Crippen molar-refractivity contribution in [3.63, 3.8) is 0 Å². The molecule has 0 radical (unpaired) electrons. The first-order valence-corrected chi connectivity index (χ1v) is 6.28. The van der Waals surface area contributed by atoms with E-state index in [-0.39, 0.29) is 5.91 Å². The number of amides is 1. The number of nitrogens with zero attached hydrogens (tertiary/aromatic N) is 1. The fourth-order valence-electron chi connectivity index (χ4n) is 1.81. The van der Waals surface area contributed by atoms with Crippen LogP contribution >= 0.6 is 11.3 Å². The first-order chi connectivity index (χ1) is 8.33. The summed E-state index contributed by atoms with van der Waals surface area (Å²) in [5.41, 5.74) is 1.73. The largest absolute Gasteiger partial charge is 0.367 e. The number of thiazole rings is 1. The monoisotopic (exact) mass is 248 g/mol. The minimum Gasteiger partial charge on any atom is -0.367 e. The van der Waals surface area contributed by atoms with E-state index in [2.05, 4.69) is 20.6 Å². The summed E-state index contributed by atoms with van der Waals surface area (Å²) in [6.45, 7) is 1.81. The molecule has 0 bridgehead atoms. The molecule has 3 heterocycles. The molecule has 2 aromatic rings. The Kier molecular flexibility index (Phi) is 2.66. The highest BCUT2D eigenvalue weighted by atomic mass is 32.1. The van der Waals surface area contributed by atoms with E-state index in [1.165, 1.54) is 4.88 Å². The lowest BCUT2D eigenvalue weighted by molar-refractivity contribution is 0.102.